The number of carboxylic acid groups (broad SMARTS) is 1. The van der Waals surface area contributed by atoms with Crippen molar-refractivity contribution in [3.8, 4) is 0 Å². The predicted octanol–water partition coefficient (Wildman–Crippen LogP) is 12.1. The summed E-state index contributed by atoms with van der Waals surface area (Å²) < 4.78 is 17.1. The van der Waals surface area contributed by atoms with Gasteiger partial charge in [0.15, 0.2) is 6.10 Å². The number of carbonyl (C=O) groups is 3. The van der Waals surface area contributed by atoms with Gasteiger partial charge in [-0.25, -0.2) is 0 Å². The van der Waals surface area contributed by atoms with Gasteiger partial charge in [0.2, 0.25) is 0 Å². The average molecular weight is 860 g/mol. The summed E-state index contributed by atoms with van der Waals surface area (Å²) in [6.45, 7) is 4.32. The van der Waals surface area contributed by atoms with Gasteiger partial charge in [-0.05, 0) is 83.5 Å². The highest BCUT2D eigenvalue weighted by molar-refractivity contribution is 5.70. The van der Waals surface area contributed by atoms with Crippen LogP contribution in [0.3, 0.4) is 0 Å². The number of quaternary nitrogens is 1. The Balaban J connectivity index is 4.46. The number of carbonyl (C=O) groups excluding carboxylic acids is 3. The van der Waals surface area contributed by atoms with Crippen molar-refractivity contribution in [3.05, 3.63) is 122 Å². The van der Waals surface area contributed by atoms with Gasteiger partial charge >= 0.3 is 11.9 Å². The second kappa shape index (κ2) is 43.4. The van der Waals surface area contributed by atoms with E-state index in [0.29, 0.717) is 12.8 Å². The first-order chi connectivity index (χ1) is 30.1. The van der Waals surface area contributed by atoms with Crippen LogP contribution < -0.4 is 5.11 Å². The molecule has 0 rings (SSSR count). The molecular formula is C54H85NO7. The highest BCUT2D eigenvalue weighted by Crippen LogP contribution is 2.12. The van der Waals surface area contributed by atoms with Crippen LogP contribution >= 0.6 is 0 Å². The van der Waals surface area contributed by atoms with Crippen LogP contribution in [0.1, 0.15) is 149 Å². The molecule has 0 fully saturated rings. The molecular weight excluding hydrogens is 775 g/mol. The van der Waals surface area contributed by atoms with Gasteiger partial charge in [-0.15, -0.1) is 0 Å². The van der Waals surface area contributed by atoms with Crippen LogP contribution in [0.15, 0.2) is 122 Å². The highest BCUT2D eigenvalue weighted by atomic mass is 16.6. The molecule has 0 N–H and O–H groups in total. The van der Waals surface area contributed by atoms with Crippen LogP contribution in [-0.4, -0.2) is 75.5 Å². The fraction of sp³-hybridized carbons (Fsp3) is 0.574. The second-order valence-electron chi connectivity index (χ2n) is 16.3. The van der Waals surface area contributed by atoms with E-state index in [0.717, 1.165) is 89.9 Å². The number of esters is 2. The van der Waals surface area contributed by atoms with E-state index in [9.17, 15) is 19.5 Å². The monoisotopic (exact) mass is 860 g/mol. The summed E-state index contributed by atoms with van der Waals surface area (Å²) in [6, 6.07) is -0.746. The van der Waals surface area contributed by atoms with Crippen molar-refractivity contribution in [1.29, 1.82) is 0 Å². The number of hydrogen-bond acceptors (Lipinski definition) is 7. The van der Waals surface area contributed by atoms with E-state index in [1.165, 1.54) is 19.3 Å². The largest absolute Gasteiger partial charge is 0.544 e. The van der Waals surface area contributed by atoms with E-state index in [-0.39, 0.29) is 49.1 Å². The molecule has 0 aromatic heterocycles. The van der Waals surface area contributed by atoms with E-state index >= 15 is 0 Å². The smallest absolute Gasteiger partial charge is 0.306 e. The van der Waals surface area contributed by atoms with Gasteiger partial charge in [0.1, 0.15) is 12.6 Å². The van der Waals surface area contributed by atoms with Crippen molar-refractivity contribution in [2.45, 2.75) is 161 Å². The lowest BCUT2D eigenvalue weighted by Gasteiger charge is -2.34. The van der Waals surface area contributed by atoms with Gasteiger partial charge < -0.3 is 28.6 Å². The van der Waals surface area contributed by atoms with Crippen molar-refractivity contribution >= 4 is 17.9 Å². The lowest BCUT2D eigenvalue weighted by molar-refractivity contribution is -0.889. The van der Waals surface area contributed by atoms with Gasteiger partial charge in [0.25, 0.3) is 0 Å². The summed E-state index contributed by atoms with van der Waals surface area (Å²) >= 11 is 0. The first-order valence-electron chi connectivity index (χ1n) is 23.6. The molecule has 8 heteroatoms. The lowest BCUT2D eigenvalue weighted by Crippen LogP contribution is -2.55. The van der Waals surface area contributed by atoms with Crippen LogP contribution in [0, 0.1) is 0 Å². The Labute approximate surface area is 378 Å². The summed E-state index contributed by atoms with van der Waals surface area (Å²) in [5.74, 6) is -1.85. The van der Waals surface area contributed by atoms with Crippen LogP contribution in [0.25, 0.3) is 0 Å². The maximum Gasteiger partial charge on any atom is 0.306 e. The minimum Gasteiger partial charge on any atom is -0.544 e. The van der Waals surface area contributed by atoms with E-state index in [2.05, 4.69) is 135 Å². The molecule has 0 spiro atoms. The number of carboxylic acids is 1. The van der Waals surface area contributed by atoms with Gasteiger partial charge in [-0.1, -0.05) is 167 Å². The topological polar surface area (TPSA) is 102 Å². The molecule has 348 valence electrons. The summed E-state index contributed by atoms with van der Waals surface area (Å²) in [7, 11) is 5.37. The number of rotatable bonds is 40. The van der Waals surface area contributed by atoms with Crippen molar-refractivity contribution in [1.82, 2.24) is 0 Å². The average Bonchev–Trinajstić information content (AvgIpc) is 3.23. The van der Waals surface area contributed by atoms with Crippen molar-refractivity contribution in [2.24, 2.45) is 0 Å². The molecule has 0 aliphatic heterocycles. The van der Waals surface area contributed by atoms with Crippen molar-refractivity contribution in [3.63, 3.8) is 0 Å². The van der Waals surface area contributed by atoms with E-state index < -0.39 is 18.1 Å². The standard InChI is InChI=1S/C54H85NO7/c1-6-8-10-12-14-16-18-20-22-23-24-25-26-27-28-29-31-33-35-37-39-41-43-45-53(57)62-50(48-60-47-46-51(54(58)59)55(3,4)5)49-61-52(56)44-42-40-38-36-34-32-30-21-19-17-15-13-11-9-7-2/h8-11,13-17,19-20,22,24-25,27-28,31,33,37,39,50-51H,6-7,12,18,21,23,26,29-30,32,34-36,38,40-49H2,1-5H3/b10-8+,11-9+,15-13+,16-14+,19-17+,22-20+,25-24+,28-27+,33-31+,39-37+. The molecule has 0 bridgehead atoms. The molecule has 0 amide bonds. The maximum absolute atomic E-state index is 12.7. The number of likely N-dealkylation sites (N-methyl/N-ethyl adjacent to an activating group) is 1. The first-order valence-corrected chi connectivity index (χ1v) is 23.6. The lowest BCUT2D eigenvalue weighted by atomic mass is 10.1. The third-order valence-corrected chi connectivity index (χ3v) is 9.65. The zero-order valence-electron chi connectivity index (χ0n) is 39.5. The minimum atomic E-state index is -1.14. The van der Waals surface area contributed by atoms with E-state index in [1.807, 2.05) is 0 Å². The summed E-state index contributed by atoms with van der Waals surface area (Å²) in [6.07, 6.45) is 60.9. The molecule has 8 nitrogen and oxygen atoms in total. The quantitative estimate of drug-likeness (QED) is 0.0199. The summed E-state index contributed by atoms with van der Waals surface area (Å²) in [5.41, 5.74) is 0. The predicted molar refractivity (Wildman–Crippen MR) is 258 cm³/mol. The van der Waals surface area contributed by atoms with Crippen molar-refractivity contribution in [2.75, 3.05) is 41.0 Å². The van der Waals surface area contributed by atoms with E-state index in [1.54, 1.807) is 21.1 Å². The van der Waals surface area contributed by atoms with Crippen LogP contribution in [0.4, 0.5) is 0 Å². The molecule has 0 aromatic carbocycles. The Kier molecular flexibility index (Phi) is 40.4. The number of hydrogen-bond donors (Lipinski definition) is 0. The summed E-state index contributed by atoms with van der Waals surface area (Å²) in [4.78, 5) is 36.9. The van der Waals surface area contributed by atoms with Crippen LogP contribution in [-0.2, 0) is 28.6 Å². The van der Waals surface area contributed by atoms with Gasteiger partial charge in [-0.2, -0.15) is 0 Å². The Morgan fingerprint density at radius 2 is 0.952 bits per heavy atom. The van der Waals surface area contributed by atoms with Gasteiger partial charge in [-0.3, -0.25) is 9.59 Å². The van der Waals surface area contributed by atoms with Gasteiger partial charge in [0, 0.05) is 19.3 Å². The van der Waals surface area contributed by atoms with Gasteiger partial charge in [0.05, 0.1) is 40.3 Å². The minimum absolute atomic E-state index is 0.00455. The Morgan fingerprint density at radius 1 is 0.500 bits per heavy atom. The van der Waals surface area contributed by atoms with E-state index in [4.69, 9.17) is 14.2 Å². The maximum atomic E-state index is 12.7. The summed E-state index contributed by atoms with van der Waals surface area (Å²) in [5, 5.41) is 11.6. The molecule has 2 unspecified atom stereocenters. The Morgan fingerprint density at radius 3 is 1.47 bits per heavy atom. The number of nitrogens with zero attached hydrogens (tertiary/aromatic N) is 1. The van der Waals surface area contributed by atoms with Crippen LogP contribution in [0.5, 0.6) is 0 Å². The number of aliphatic carboxylic acids is 1. The fourth-order valence-corrected chi connectivity index (χ4v) is 6.06. The molecule has 0 saturated carbocycles. The Hall–Kier alpha value is -4.27. The molecule has 0 radical (unpaired) electrons. The third kappa shape index (κ3) is 41.1. The Bertz CT molecular complexity index is 1420. The SMILES string of the molecule is CC/C=C/C=C/C=C/CCCCCCCCCC(=O)OCC(COCCC(C(=O)[O-])[N+](C)(C)C)OC(=O)CCC/C=C/C/C=C/C/C=C/C/C=C/C/C=C/C/C=C/C/C=C/CC. The molecule has 0 aromatic rings. The first kappa shape index (κ1) is 57.7. The molecule has 0 aliphatic carbocycles. The molecule has 0 aliphatic rings. The molecule has 62 heavy (non-hydrogen) atoms. The molecule has 0 saturated heterocycles. The fourth-order valence-electron chi connectivity index (χ4n) is 6.06. The molecule has 0 heterocycles. The normalized spacial score (nSPS) is 14.0. The highest BCUT2D eigenvalue weighted by Gasteiger charge is 2.25. The number of ether oxygens (including phenoxy) is 3. The number of unbranched alkanes of at least 4 members (excludes halogenated alkanes) is 8. The zero-order chi connectivity index (χ0) is 45.6. The molecule has 2 atom stereocenters. The number of allylic oxidation sites excluding steroid dienone is 20. The van der Waals surface area contributed by atoms with Crippen molar-refractivity contribution < 1.29 is 38.2 Å². The van der Waals surface area contributed by atoms with Crippen LogP contribution in [0.2, 0.25) is 0 Å². The zero-order valence-corrected chi connectivity index (χ0v) is 39.5. The third-order valence-electron chi connectivity index (χ3n) is 9.65. The second-order valence-corrected chi connectivity index (χ2v) is 16.3.